The molecule has 1 saturated heterocycles. The predicted molar refractivity (Wildman–Crippen MR) is 161 cm³/mol. The molecule has 9 heteroatoms. The van der Waals surface area contributed by atoms with Gasteiger partial charge in [-0.1, -0.05) is 66.0 Å². The lowest BCUT2D eigenvalue weighted by molar-refractivity contribution is -0.139. The Morgan fingerprint density at radius 1 is 1.00 bits per heavy atom. The number of hydrogen-bond acceptors (Lipinski definition) is 7. The summed E-state index contributed by atoms with van der Waals surface area (Å²) in [5.41, 5.74) is 2.89. The predicted octanol–water partition coefficient (Wildman–Crippen LogP) is 6.61. The van der Waals surface area contributed by atoms with E-state index in [1.807, 2.05) is 30.3 Å². The van der Waals surface area contributed by atoms with Crippen LogP contribution in [0.1, 0.15) is 48.6 Å². The van der Waals surface area contributed by atoms with Crippen molar-refractivity contribution in [2.75, 3.05) is 39.5 Å². The maximum Gasteiger partial charge on any atom is 0.338 e. The van der Waals surface area contributed by atoms with Gasteiger partial charge >= 0.3 is 5.97 Å². The van der Waals surface area contributed by atoms with E-state index in [0.29, 0.717) is 51.5 Å². The molecule has 1 N–H and O–H groups in total. The SMILES string of the molecule is O=C(OCCCc1ccccc1)C1=C(COCCN2CCCCC2)NC(c2ccco2)=NC1c1ccc(Cl)c(Cl)c1. The van der Waals surface area contributed by atoms with Crippen molar-refractivity contribution in [3.63, 3.8) is 0 Å². The van der Waals surface area contributed by atoms with E-state index in [2.05, 4.69) is 22.3 Å². The first kappa shape index (κ1) is 29.4. The second-order valence-electron chi connectivity index (χ2n) is 10.2. The lowest BCUT2D eigenvalue weighted by atomic mass is 9.95. The summed E-state index contributed by atoms with van der Waals surface area (Å²) in [6.07, 6.45) is 6.84. The molecule has 0 amide bonds. The third-order valence-corrected chi connectivity index (χ3v) is 8.03. The molecule has 3 heterocycles. The Kier molecular flexibility index (Phi) is 10.5. The third kappa shape index (κ3) is 8.01. The Morgan fingerprint density at radius 3 is 2.59 bits per heavy atom. The lowest BCUT2D eigenvalue weighted by Crippen LogP contribution is -2.36. The molecule has 1 unspecified atom stereocenters. The molecule has 1 fully saturated rings. The molecule has 216 valence electrons. The number of aryl methyl sites for hydroxylation is 1. The van der Waals surface area contributed by atoms with Crippen LogP contribution in [0.3, 0.4) is 0 Å². The second-order valence-corrected chi connectivity index (χ2v) is 11.0. The fourth-order valence-electron chi connectivity index (χ4n) is 5.13. The van der Waals surface area contributed by atoms with Crippen LogP contribution >= 0.6 is 23.2 Å². The van der Waals surface area contributed by atoms with Gasteiger partial charge in [0.25, 0.3) is 0 Å². The second kappa shape index (κ2) is 14.7. The van der Waals surface area contributed by atoms with Crippen molar-refractivity contribution in [3.05, 3.63) is 105 Å². The number of furan rings is 1. The van der Waals surface area contributed by atoms with Gasteiger partial charge in [-0.05, 0) is 74.2 Å². The highest BCUT2D eigenvalue weighted by molar-refractivity contribution is 6.42. The molecule has 2 aliphatic heterocycles. The van der Waals surface area contributed by atoms with Crippen LogP contribution in [-0.2, 0) is 20.7 Å². The molecule has 2 aromatic carbocycles. The van der Waals surface area contributed by atoms with Crippen LogP contribution in [0.4, 0.5) is 0 Å². The number of likely N-dealkylation sites (tertiary alicyclic amines) is 1. The molecular formula is C32H35Cl2N3O4. The molecule has 0 bridgehead atoms. The van der Waals surface area contributed by atoms with Gasteiger partial charge in [0.15, 0.2) is 11.6 Å². The molecule has 1 atom stereocenters. The third-order valence-electron chi connectivity index (χ3n) is 7.29. The number of carbonyl (C=O) groups excluding carboxylic acids is 1. The van der Waals surface area contributed by atoms with Gasteiger partial charge in [0.2, 0.25) is 0 Å². The minimum atomic E-state index is -0.687. The molecule has 1 aromatic heterocycles. The summed E-state index contributed by atoms with van der Waals surface area (Å²) >= 11 is 12.6. The number of ether oxygens (including phenoxy) is 2. The Bertz CT molecular complexity index is 1350. The molecule has 41 heavy (non-hydrogen) atoms. The van der Waals surface area contributed by atoms with E-state index in [4.69, 9.17) is 42.1 Å². The first-order valence-corrected chi connectivity index (χ1v) is 14.9. The number of halogens is 2. The fourth-order valence-corrected chi connectivity index (χ4v) is 5.43. The number of nitrogens with one attached hydrogen (secondary N) is 1. The fraction of sp³-hybridized carbons (Fsp3) is 0.375. The van der Waals surface area contributed by atoms with Crippen molar-refractivity contribution in [3.8, 4) is 0 Å². The van der Waals surface area contributed by atoms with Crippen LogP contribution in [0.25, 0.3) is 0 Å². The zero-order chi connectivity index (χ0) is 28.4. The summed E-state index contributed by atoms with van der Waals surface area (Å²) in [6, 6.07) is 18.3. The normalized spacial score (nSPS) is 17.7. The Hall–Kier alpha value is -3.10. The van der Waals surface area contributed by atoms with Crippen molar-refractivity contribution >= 4 is 35.0 Å². The molecule has 2 aliphatic rings. The van der Waals surface area contributed by atoms with Crippen molar-refractivity contribution < 1.29 is 18.7 Å². The summed E-state index contributed by atoms with van der Waals surface area (Å²) < 4.78 is 17.6. The number of amidine groups is 1. The van der Waals surface area contributed by atoms with Crippen molar-refractivity contribution in [2.24, 2.45) is 4.99 Å². The standard InChI is InChI=1S/C32H35Cl2N3O4/c33-25-14-13-24(21-26(25)34)30-29(32(38)41-19-7-11-23-9-3-1-4-10-23)27(35-31(36-30)28-12-8-18-40-28)22-39-20-17-37-15-5-2-6-16-37/h1,3-4,8-10,12-14,18,21,30H,2,5-7,11,15-17,19-20,22H2,(H,35,36). The molecule has 0 radical (unpaired) electrons. The van der Waals surface area contributed by atoms with E-state index in [0.717, 1.165) is 26.1 Å². The van der Waals surface area contributed by atoms with Crippen LogP contribution < -0.4 is 5.32 Å². The Labute approximate surface area is 251 Å². The number of aliphatic imine (C=N–C) groups is 1. The highest BCUT2D eigenvalue weighted by Crippen LogP contribution is 2.35. The average Bonchev–Trinajstić information content (AvgIpc) is 3.55. The summed E-state index contributed by atoms with van der Waals surface area (Å²) in [6.45, 7) is 4.07. The van der Waals surface area contributed by atoms with E-state index in [-0.39, 0.29) is 13.2 Å². The summed E-state index contributed by atoms with van der Waals surface area (Å²) in [7, 11) is 0. The molecule has 0 spiro atoms. The molecule has 5 rings (SSSR count). The topological polar surface area (TPSA) is 76.3 Å². The minimum absolute atomic E-state index is 0.194. The molecule has 0 saturated carbocycles. The van der Waals surface area contributed by atoms with E-state index in [9.17, 15) is 4.79 Å². The van der Waals surface area contributed by atoms with Gasteiger partial charge in [0, 0.05) is 6.54 Å². The molecule has 3 aromatic rings. The lowest BCUT2D eigenvalue weighted by Gasteiger charge is -2.28. The quantitative estimate of drug-likeness (QED) is 0.187. The first-order valence-electron chi connectivity index (χ1n) is 14.2. The number of nitrogens with zero attached hydrogens (tertiary/aromatic N) is 2. The van der Waals surface area contributed by atoms with Gasteiger partial charge < -0.3 is 24.1 Å². The van der Waals surface area contributed by atoms with Gasteiger partial charge in [-0.2, -0.15) is 0 Å². The summed E-state index contributed by atoms with van der Waals surface area (Å²) in [4.78, 5) is 21.0. The van der Waals surface area contributed by atoms with Gasteiger partial charge in [-0.3, -0.25) is 4.99 Å². The highest BCUT2D eigenvalue weighted by Gasteiger charge is 2.33. The molecular weight excluding hydrogens is 561 g/mol. The smallest absolute Gasteiger partial charge is 0.338 e. The molecule has 7 nitrogen and oxygen atoms in total. The van der Waals surface area contributed by atoms with Crippen LogP contribution in [0.15, 0.2) is 87.6 Å². The van der Waals surface area contributed by atoms with Gasteiger partial charge in [-0.25, -0.2) is 4.79 Å². The number of rotatable bonds is 12. The van der Waals surface area contributed by atoms with Crippen molar-refractivity contribution in [1.29, 1.82) is 0 Å². The van der Waals surface area contributed by atoms with E-state index in [1.54, 1.807) is 24.5 Å². The van der Waals surface area contributed by atoms with Crippen LogP contribution in [0.5, 0.6) is 0 Å². The van der Waals surface area contributed by atoms with Crippen molar-refractivity contribution in [2.45, 2.75) is 38.1 Å². The maximum absolute atomic E-state index is 13.7. The highest BCUT2D eigenvalue weighted by atomic mass is 35.5. The van der Waals surface area contributed by atoms with Gasteiger partial charge in [0.05, 0.1) is 47.4 Å². The number of benzene rings is 2. The molecule has 0 aliphatic carbocycles. The van der Waals surface area contributed by atoms with E-state index in [1.165, 1.54) is 24.8 Å². The van der Waals surface area contributed by atoms with E-state index < -0.39 is 12.0 Å². The number of esters is 1. The minimum Gasteiger partial charge on any atom is -0.462 e. The van der Waals surface area contributed by atoms with Crippen LogP contribution in [0.2, 0.25) is 10.0 Å². The monoisotopic (exact) mass is 595 g/mol. The summed E-state index contributed by atoms with van der Waals surface area (Å²) in [5, 5.41) is 4.11. The maximum atomic E-state index is 13.7. The number of hydrogen-bond donors (Lipinski definition) is 1. The Balaban J connectivity index is 1.37. The average molecular weight is 597 g/mol. The van der Waals surface area contributed by atoms with Gasteiger partial charge in [-0.15, -0.1) is 0 Å². The van der Waals surface area contributed by atoms with Crippen LogP contribution in [-0.4, -0.2) is 56.2 Å². The van der Waals surface area contributed by atoms with Crippen molar-refractivity contribution in [1.82, 2.24) is 10.2 Å². The van der Waals surface area contributed by atoms with Crippen LogP contribution in [0, 0.1) is 0 Å². The Morgan fingerprint density at radius 2 is 1.83 bits per heavy atom. The summed E-state index contributed by atoms with van der Waals surface area (Å²) in [5.74, 6) is 0.607. The zero-order valence-electron chi connectivity index (χ0n) is 23.0. The zero-order valence-corrected chi connectivity index (χ0v) is 24.5. The largest absolute Gasteiger partial charge is 0.462 e. The number of carbonyl (C=O) groups is 1. The first-order chi connectivity index (χ1) is 20.1. The van der Waals surface area contributed by atoms with Gasteiger partial charge in [0.1, 0.15) is 6.04 Å². The number of piperidine rings is 1. The van der Waals surface area contributed by atoms with E-state index >= 15 is 0 Å².